The molecule has 0 fully saturated rings. The summed E-state index contributed by atoms with van der Waals surface area (Å²) in [6.45, 7) is 0.550. The van der Waals surface area contributed by atoms with E-state index < -0.39 is 0 Å². The maximum Gasteiger partial charge on any atom is 0.204 e. The van der Waals surface area contributed by atoms with Crippen molar-refractivity contribution in [1.29, 1.82) is 0 Å². The first-order valence-electron chi connectivity index (χ1n) is 5.74. The van der Waals surface area contributed by atoms with Crippen molar-refractivity contribution < 1.29 is 0 Å². The molecule has 0 N–H and O–H groups in total. The Labute approximate surface area is 114 Å². The van der Waals surface area contributed by atoms with Crippen molar-refractivity contribution in [2.24, 2.45) is 0 Å². The van der Waals surface area contributed by atoms with Gasteiger partial charge in [0.25, 0.3) is 0 Å². The molecule has 0 radical (unpaired) electrons. The van der Waals surface area contributed by atoms with Crippen LogP contribution in [0.3, 0.4) is 0 Å². The molecule has 0 spiro atoms. The Bertz CT molecular complexity index is 663. The molecule has 0 saturated carbocycles. The number of rotatable bonds is 3. The Kier molecular flexibility index (Phi) is 3.20. The molecule has 0 saturated heterocycles. The van der Waals surface area contributed by atoms with Gasteiger partial charge in [0.15, 0.2) is 0 Å². The van der Waals surface area contributed by atoms with E-state index in [0.29, 0.717) is 17.4 Å². The molecule has 0 atom stereocenters. The second-order valence-electron chi connectivity index (χ2n) is 4.01. The first kappa shape index (κ1) is 11.8. The minimum absolute atomic E-state index is 0.550. The van der Waals surface area contributed by atoms with E-state index >= 15 is 0 Å². The van der Waals surface area contributed by atoms with Crippen LogP contribution in [0.25, 0.3) is 11.4 Å². The third-order valence-corrected chi connectivity index (χ3v) is 2.85. The van der Waals surface area contributed by atoms with E-state index in [1.807, 2.05) is 24.3 Å². The van der Waals surface area contributed by atoms with Crippen molar-refractivity contribution in [3.05, 3.63) is 59.4 Å². The van der Waals surface area contributed by atoms with Crippen LogP contribution in [0.1, 0.15) is 5.56 Å². The van der Waals surface area contributed by atoms with Crippen molar-refractivity contribution in [2.75, 3.05) is 0 Å². The van der Waals surface area contributed by atoms with E-state index in [1.165, 1.54) is 0 Å². The van der Waals surface area contributed by atoms with Gasteiger partial charge in [0.2, 0.25) is 5.82 Å². The molecule has 3 rings (SSSR count). The summed E-state index contributed by atoms with van der Waals surface area (Å²) in [5.74, 6) is 0.584. The Balaban J connectivity index is 1.82. The largest absolute Gasteiger partial charge is 0.264 e. The van der Waals surface area contributed by atoms with Gasteiger partial charge in [0.05, 0.1) is 6.54 Å². The highest BCUT2D eigenvalue weighted by Gasteiger charge is 2.06. The molecule has 0 bridgehead atoms. The molecule has 3 aromatic rings. The molecule has 0 unspecified atom stereocenters. The Morgan fingerprint density at radius 1 is 1.11 bits per heavy atom. The maximum atomic E-state index is 5.84. The fraction of sp³-hybridized carbons (Fsp3) is 0.0769. The standard InChI is InChI=1S/C13H10ClN5/c14-12-5-3-11(4-6-12)13-16-18-19(17-13)9-10-2-1-7-15-8-10/h1-8H,9H2. The van der Waals surface area contributed by atoms with Gasteiger partial charge in [0.1, 0.15) is 0 Å². The third-order valence-electron chi connectivity index (χ3n) is 2.60. The topological polar surface area (TPSA) is 56.5 Å². The van der Waals surface area contributed by atoms with Crippen LogP contribution in [0.15, 0.2) is 48.8 Å². The highest BCUT2D eigenvalue weighted by molar-refractivity contribution is 6.30. The van der Waals surface area contributed by atoms with E-state index in [1.54, 1.807) is 29.3 Å². The van der Waals surface area contributed by atoms with E-state index in [0.717, 1.165) is 11.1 Å². The molecule has 19 heavy (non-hydrogen) atoms. The van der Waals surface area contributed by atoms with Gasteiger partial charge in [0, 0.05) is 23.0 Å². The summed E-state index contributed by atoms with van der Waals surface area (Å²) in [4.78, 5) is 5.59. The van der Waals surface area contributed by atoms with Gasteiger partial charge >= 0.3 is 0 Å². The molecule has 5 nitrogen and oxygen atoms in total. The number of hydrogen-bond donors (Lipinski definition) is 0. The van der Waals surface area contributed by atoms with Crippen molar-refractivity contribution in [3.63, 3.8) is 0 Å². The zero-order valence-electron chi connectivity index (χ0n) is 9.94. The zero-order chi connectivity index (χ0) is 13.1. The summed E-state index contributed by atoms with van der Waals surface area (Å²) in [5.41, 5.74) is 1.92. The molecule has 2 aromatic heterocycles. The molecule has 0 amide bonds. The molecule has 94 valence electrons. The van der Waals surface area contributed by atoms with Crippen LogP contribution in [-0.2, 0) is 6.54 Å². The Hall–Kier alpha value is -2.27. The summed E-state index contributed by atoms with van der Waals surface area (Å²) in [7, 11) is 0. The van der Waals surface area contributed by atoms with Gasteiger partial charge in [-0.25, -0.2) is 0 Å². The Morgan fingerprint density at radius 3 is 2.68 bits per heavy atom. The van der Waals surface area contributed by atoms with Crippen molar-refractivity contribution in [3.8, 4) is 11.4 Å². The van der Waals surface area contributed by atoms with Crippen LogP contribution >= 0.6 is 11.6 Å². The van der Waals surface area contributed by atoms with Gasteiger partial charge in [-0.1, -0.05) is 17.7 Å². The summed E-state index contributed by atoms with van der Waals surface area (Å²) >= 11 is 5.84. The molecule has 2 heterocycles. The second-order valence-corrected chi connectivity index (χ2v) is 4.45. The smallest absolute Gasteiger partial charge is 0.204 e. The predicted octanol–water partition coefficient (Wildman–Crippen LogP) is 2.44. The lowest BCUT2D eigenvalue weighted by Crippen LogP contribution is -2.04. The number of benzene rings is 1. The van der Waals surface area contributed by atoms with E-state index in [2.05, 4.69) is 20.4 Å². The fourth-order valence-corrected chi connectivity index (χ4v) is 1.81. The van der Waals surface area contributed by atoms with Crippen LogP contribution in [0.2, 0.25) is 5.02 Å². The summed E-state index contributed by atoms with van der Waals surface area (Å²) in [6.07, 6.45) is 3.52. The molecule has 1 aromatic carbocycles. The number of halogens is 1. The van der Waals surface area contributed by atoms with Gasteiger partial charge < -0.3 is 0 Å². The lowest BCUT2D eigenvalue weighted by atomic mass is 10.2. The molecule has 6 heteroatoms. The number of nitrogens with zero attached hydrogens (tertiary/aromatic N) is 5. The van der Waals surface area contributed by atoms with E-state index in [9.17, 15) is 0 Å². The number of pyridine rings is 1. The Morgan fingerprint density at radius 2 is 1.95 bits per heavy atom. The van der Waals surface area contributed by atoms with Crippen molar-refractivity contribution in [2.45, 2.75) is 6.54 Å². The average molecular weight is 272 g/mol. The summed E-state index contributed by atoms with van der Waals surface area (Å²) in [5, 5.41) is 13.1. The van der Waals surface area contributed by atoms with Gasteiger partial charge in [-0.2, -0.15) is 4.80 Å². The van der Waals surface area contributed by atoms with Crippen LogP contribution in [0.5, 0.6) is 0 Å². The van der Waals surface area contributed by atoms with Crippen molar-refractivity contribution >= 4 is 11.6 Å². The number of hydrogen-bond acceptors (Lipinski definition) is 4. The van der Waals surface area contributed by atoms with Crippen LogP contribution in [-0.4, -0.2) is 25.2 Å². The minimum atomic E-state index is 0.550. The third kappa shape index (κ3) is 2.77. The maximum absolute atomic E-state index is 5.84. The van der Waals surface area contributed by atoms with Crippen LogP contribution < -0.4 is 0 Å². The summed E-state index contributed by atoms with van der Waals surface area (Å²) in [6, 6.07) is 11.2. The lowest BCUT2D eigenvalue weighted by molar-refractivity contribution is 0.572. The number of tetrazole rings is 1. The minimum Gasteiger partial charge on any atom is -0.264 e. The number of aromatic nitrogens is 5. The van der Waals surface area contributed by atoms with E-state index in [4.69, 9.17) is 11.6 Å². The summed E-state index contributed by atoms with van der Waals surface area (Å²) < 4.78 is 0. The molecular weight excluding hydrogens is 262 g/mol. The molecule has 0 aliphatic carbocycles. The predicted molar refractivity (Wildman–Crippen MR) is 71.6 cm³/mol. The van der Waals surface area contributed by atoms with Gasteiger partial charge in [-0.15, -0.1) is 10.2 Å². The molecule has 0 aliphatic heterocycles. The van der Waals surface area contributed by atoms with Crippen molar-refractivity contribution in [1.82, 2.24) is 25.2 Å². The second kappa shape index (κ2) is 5.16. The first-order valence-corrected chi connectivity index (χ1v) is 6.12. The zero-order valence-corrected chi connectivity index (χ0v) is 10.7. The van der Waals surface area contributed by atoms with Gasteiger partial charge in [-0.05, 0) is 41.1 Å². The molecule has 0 aliphatic rings. The van der Waals surface area contributed by atoms with Gasteiger partial charge in [-0.3, -0.25) is 4.98 Å². The molecular formula is C13H10ClN5. The fourth-order valence-electron chi connectivity index (χ4n) is 1.68. The highest BCUT2D eigenvalue weighted by Crippen LogP contribution is 2.17. The van der Waals surface area contributed by atoms with E-state index in [-0.39, 0.29) is 0 Å². The van der Waals surface area contributed by atoms with Crippen LogP contribution in [0, 0.1) is 0 Å². The lowest BCUT2D eigenvalue weighted by Gasteiger charge is -1.97. The SMILES string of the molecule is Clc1ccc(-c2nnn(Cc3cccnc3)n2)cc1. The highest BCUT2D eigenvalue weighted by atomic mass is 35.5. The van der Waals surface area contributed by atoms with Crippen LogP contribution in [0.4, 0.5) is 0 Å². The first-order chi connectivity index (χ1) is 9.31. The quantitative estimate of drug-likeness (QED) is 0.734. The average Bonchev–Trinajstić information content (AvgIpc) is 2.89. The monoisotopic (exact) mass is 271 g/mol. The normalized spacial score (nSPS) is 10.6.